The van der Waals surface area contributed by atoms with Gasteiger partial charge in [0.15, 0.2) is 0 Å². The molecule has 3 heteroatoms. The van der Waals surface area contributed by atoms with E-state index >= 15 is 0 Å². The molecular weight excluding hydrogens is 751 g/mol. The molecule has 8 unspecified atom stereocenters. The molecule has 2 saturated carbocycles. The Morgan fingerprint density at radius 2 is 1.08 bits per heavy atom. The van der Waals surface area contributed by atoms with Gasteiger partial charge >= 0.3 is 319 Å². The third kappa shape index (κ3) is 4.26. The van der Waals surface area contributed by atoms with Crippen molar-refractivity contribution < 1.29 is 49.5 Å². The second-order valence-electron chi connectivity index (χ2n) is 17.6. The van der Waals surface area contributed by atoms with E-state index in [0.29, 0.717) is 3.63 Å². The zero-order chi connectivity index (χ0) is 35.7. The standard InChI is InChI=1S/C49H53.2ClH.Zr/c1-33-19-23-37(24-20-33)42(38-25-21-34(2)22-26-38)40-31-39-32-47(8)45(6)29-14-13-27-43(45,4)44(5)28-15-16-30-46(44,7)49(47,10)48(39,9)35(3)41(40)36-17-11-12-18-36;;;/h11-17,19-32H,18H2,1-10H3;2*1H;/q;;;+2/p-2. The summed E-state index contributed by atoms with van der Waals surface area (Å²) in [7, 11) is 0. The van der Waals surface area contributed by atoms with Gasteiger partial charge in [-0.2, -0.15) is 0 Å². The summed E-state index contributed by atoms with van der Waals surface area (Å²) in [4.78, 5) is 0. The van der Waals surface area contributed by atoms with E-state index in [-0.39, 0.29) is 62.7 Å². The van der Waals surface area contributed by atoms with E-state index in [1.165, 1.54) is 44.5 Å². The van der Waals surface area contributed by atoms with Gasteiger partial charge in [0, 0.05) is 0 Å². The van der Waals surface area contributed by atoms with Crippen molar-refractivity contribution in [3.05, 3.63) is 172 Å². The Hall–Kier alpha value is -2.44. The van der Waals surface area contributed by atoms with Gasteiger partial charge in [0.1, 0.15) is 0 Å². The van der Waals surface area contributed by atoms with Crippen molar-refractivity contribution in [1.82, 2.24) is 0 Å². The Balaban J connectivity index is 0.00000232. The monoisotopic (exact) mass is 801 g/mol. The molecule has 2 fully saturated rings. The van der Waals surface area contributed by atoms with Gasteiger partial charge in [0.05, 0.1) is 0 Å². The maximum atomic E-state index is 2.73. The van der Waals surface area contributed by atoms with Crippen LogP contribution in [0.4, 0.5) is 0 Å². The van der Waals surface area contributed by atoms with Gasteiger partial charge in [-0.25, -0.2) is 0 Å². The second kappa shape index (κ2) is 12.5. The molecule has 0 spiro atoms. The van der Waals surface area contributed by atoms with Gasteiger partial charge in [-0.3, -0.25) is 0 Å². The number of aryl methyl sites for hydroxylation is 2. The summed E-state index contributed by atoms with van der Waals surface area (Å²) in [5, 5.41) is 0. The van der Waals surface area contributed by atoms with Crippen LogP contribution in [0.2, 0.25) is 3.63 Å². The topological polar surface area (TPSA) is 0 Å². The molecular formula is C49H53Cl2Zr. The van der Waals surface area contributed by atoms with Crippen LogP contribution in [0.25, 0.3) is 5.57 Å². The Kier molecular flexibility index (Phi) is 9.48. The molecule has 267 valence electrons. The first-order chi connectivity index (χ1) is 23.6. The molecule has 8 rings (SSSR count). The average Bonchev–Trinajstić information content (AvgIpc) is 3.67. The molecule has 0 saturated heterocycles. The molecule has 6 aliphatic rings. The van der Waals surface area contributed by atoms with E-state index in [2.05, 4.69) is 191 Å². The fourth-order valence-electron chi connectivity index (χ4n) is 12.7. The number of allylic oxidation sites excluding steroid dienone is 17. The van der Waals surface area contributed by atoms with Crippen LogP contribution in [0.3, 0.4) is 0 Å². The van der Waals surface area contributed by atoms with Crippen molar-refractivity contribution in [3.63, 3.8) is 0 Å². The van der Waals surface area contributed by atoms with Crippen LogP contribution in [0.5, 0.6) is 0 Å². The van der Waals surface area contributed by atoms with E-state index in [9.17, 15) is 0 Å². The van der Waals surface area contributed by atoms with Crippen molar-refractivity contribution in [2.24, 2.45) is 37.9 Å². The van der Waals surface area contributed by atoms with Crippen molar-refractivity contribution in [2.45, 2.75) is 79.3 Å². The van der Waals surface area contributed by atoms with E-state index in [1.807, 2.05) is 0 Å². The molecule has 0 radical (unpaired) electrons. The number of halogens is 2. The molecule has 0 nitrogen and oxygen atoms in total. The predicted molar refractivity (Wildman–Crippen MR) is 208 cm³/mol. The third-order valence-electron chi connectivity index (χ3n) is 16.5. The summed E-state index contributed by atoms with van der Waals surface area (Å²) < 4.78 is 0.422. The summed E-state index contributed by atoms with van der Waals surface area (Å²) in [5.74, 6) is 0. The van der Waals surface area contributed by atoms with Crippen LogP contribution in [-0.2, 0) is 24.7 Å². The van der Waals surface area contributed by atoms with Gasteiger partial charge in [-0.05, 0) is 0 Å². The van der Waals surface area contributed by atoms with Gasteiger partial charge in [-0.1, -0.05) is 0 Å². The fraction of sp³-hybridized carbons (Fsp3) is 0.388. The van der Waals surface area contributed by atoms with Crippen molar-refractivity contribution >= 4 is 5.57 Å². The Morgan fingerprint density at radius 1 is 0.615 bits per heavy atom. The summed E-state index contributed by atoms with van der Waals surface area (Å²) >= 11 is 1.61. The number of benzene rings is 2. The molecule has 0 aliphatic heterocycles. The van der Waals surface area contributed by atoms with E-state index in [0.717, 1.165) is 6.42 Å². The molecule has 6 aliphatic carbocycles. The first-order valence-corrected chi connectivity index (χ1v) is 20.1. The SMILES string of the molecule is CC1=C(C2=CC=CC2)C(=C(c2ccc(C)cc2)c2ccc(C)cc2)C=C2[CH]([Zr+2])C3(C)C4(C)C=CC=CC4(C)C4(C)C=CC=CC4(C)C3(C)C21C.[Cl-].[Cl-]. The molecule has 0 heterocycles. The molecule has 2 aromatic rings. The fourth-order valence-corrected chi connectivity index (χ4v) is 15.1. The quantitative estimate of drug-likeness (QED) is 0.317. The second-order valence-corrected chi connectivity index (χ2v) is 19.0. The van der Waals surface area contributed by atoms with Crippen LogP contribution >= 0.6 is 0 Å². The first kappa shape index (κ1) is 39.3. The van der Waals surface area contributed by atoms with Gasteiger partial charge in [0.25, 0.3) is 0 Å². The minimum atomic E-state index is -0.172. The van der Waals surface area contributed by atoms with Crippen molar-refractivity contribution in [2.75, 3.05) is 0 Å². The normalized spacial score (nSPS) is 39.2. The minimum absolute atomic E-state index is 0. The van der Waals surface area contributed by atoms with E-state index in [4.69, 9.17) is 0 Å². The summed E-state index contributed by atoms with van der Waals surface area (Å²) in [5.41, 5.74) is 13.3. The largest absolute Gasteiger partial charge is 1.00 e. The Labute approximate surface area is 341 Å². The zero-order valence-electron chi connectivity index (χ0n) is 32.6. The van der Waals surface area contributed by atoms with Crippen molar-refractivity contribution in [3.8, 4) is 0 Å². The Morgan fingerprint density at radius 3 is 1.56 bits per heavy atom. The predicted octanol–water partition coefficient (Wildman–Crippen LogP) is 6.91. The number of hydrogen-bond acceptors (Lipinski definition) is 0. The number of hydrogen-bond donors (Lipinski definition) is 0. The zero-order valence-corrected chi connectivity index (χ0v) is 36.6. The number of fused-ring (bicyclic) bond motifs is 8. The van der Waals surface area contributed by atoms with Gasteiger partial charge in [-0.15, -0.1) is 0 Å². The van der Waals surface area contributed by atoms with Crippen LogP contribution in [0.1, 0.15) is 84.1 Å². The third-order valence-corrected chi connectivity index (χ3v) is 18.7. The summed E-state index contributed by atoms with van der Waals surface area (Å²) in [6, 6.07) is 18.5. The van der Waals surface area contributed by atoms with Crippen LogP contribution in [0, 0.1) is 51.8 Å². The summed E-state index contributed by atoms with van der Waals surface area (Å²) in [6.45, 7) is 25.5. The van der Waals surface area contributed by atoms with Gasteiger partial charge in [0.2, 0.25) is 0 Å². The smallest absolute Gasteiger partial charge is 1.00 e. The van der Waals surface area contributed by atoms with Crippen LogP contribution in [0.15, 0.2) is 149 Å². The maximum absolute atomic E-state index is 2.73. The molecule has 0 aromatic heterocycles. The molecule has 8 atom stereocenters. The average molecular weight is 804 g/mol. The van der Waals surface area contributed by atoms with Crippen LogP contribution in [-0.4, -0.2) is 0 Å². The van der Waals surface area contributed by atoms with Crippen LogP contribution < -0.4 is 24.8 Å². The molecule has 52 heavy (non-hydrogen) atoms. The van der Waals surface area contributed by atoms with E-state index < -0.39 is 0 Å². The summed E-state index contributed by atoms with van der Waals surface area (Å²) in [6.07, 6.45) is 30.6. The maximum Gasteiger partial charge on any atom is -1.00 e. The Bertz CT molecular complexity index is 2070. The molecule has 0 bridgehead atoms. The van der Waals surface area contributed by atoms with E-state index in [1.54, 1.807) is 35.9 Å². The molecule has 0 amide bonds. The molecule has 0 N–H and O–H groups in total. The van der Waals surface area contributed by atoms with Gasteiger partial charge < -0.3 is 24.8 Å². The number of rotatable bonds is 3. The van der Waals surface area contributed by atoms with Crippen molar-refractivity contribution in [1.29, 1.82) is 0 Å². The molecule has 2 aromatic carbocycles. The minimum Gasteiger partial charge on any atom is -1.00 e. The first-order valence-electron chi connectivity index (χ1n) is 18.7.